The van der Waals surface area contributed by atoms with Crippen molar-refractivity contribution in [1.82, 2.24) is 19.7 Å². The Morgan fingerprint density at radius 1 is 1.12 bits per heavy atom. The molecule has 1 aliphatic rings. The molecule has 3 rings (SSSR count). The lowest BCUT2D eigenvalue weighted by Crippen LogP contribution is -2.54. The summed E-state index contributed by atoms with van der Waals surface area (Å²) in [5.41, 5.74) is 0.497. The maximum Gasteiger partial charge on any atom is 0.320 e. The Bertz CT molecular complexity index is 717. The first-order valence-corrected chi connectivity index (χ1v) is 10.2. The van der Waals surface area contributed by atoms with Crippen LogP contribution in [-0.4, -0.2) is 70.9 Å². The molecule has 8 heteroatoms. The number of thiazole rings is 1. The Hall–Kier alpha value is -1.93. The van der Waals surface area contributed by atoms with Crippen molar-refractivity contribution in [3.8, 4) is 9.88 Å². The van der Waals surface area contributed by atoms with Crippen molar-refractivity contribution in [3.05, 3.63) is 28.6 Å². The van der Waals surface area contributed by atoms with Gasteiger partial charge in [-0.15, -0.1) is 22.7 Å². The first-order chi connectivity index (χ1) is 12.1. The summed E-state index contributed by atoms with van der Waals surface area (Å²) in [5, 5.41) is 4.71. The molecular formula is C17H22N4O2S2. The zero-order chi connectivity index (χ0) is 17.8. The lowest BCUT2D eigenvalue weighted by atomic mass is 10.3. The number of urea groups is 1. The fourth-order valence-electron chi connectivity index (χ4n) is 2.84. The van der Waals surface area contributed by atoms with Gasteiger partial charge in [0.1, 0.15) is 10.7 Å². The van der Waals surface area contributed by atoms with Crippen molar-refractivity contribution >= 4 is 34.6 Å². The number of carbonyl (C=O) groups is 2. The van der Waals surface area contributed by atoms with Gasteiger partial charge in [-0.3, -0.25) is 4.79 Å². The molecule has 0 aliphatic carbocycles. The summed E-state index contributed by atoms with van der Waals surface area (Å²) in [7, 11) is 0. The maximum atomic E-state index is 12.7. The number of nitrogens with zero attached hydrogens (tertiary/aromatic N) is 4. The average molecular weight is 379 g/mol. The van der Waals surface area contributed by atoms with Gasteiger partial charge >= 0.3 is 6.03 Å². The summed E-state index contributed by atoms with van der Waals surface area (Å²) < 4.78 is 0. The molecule has 0 aromatic carbocycles. The first kappa shape index (κ1) is 17.9. The van der Waals surface area contributed by atoms with E-state index in [2.05, 4.69) is 4.98 Å². The molecule has 3 heterocycles. The van der Waals surface area contributed by atoms with Crippen LogP contribution in [-0.2, 0) is 0 Å². The van der Waals surface area contributed by atoms with Gasteiger partial charge in [-0.1, -0.05) is 6.07 Å². The topological polar surface area (TPSA) is 56.8 Å². The highest BCUT2D eigenvalue weighted by atomic mass is 32.1. The Morgan fingerprint density at radius 2 is 1.80 bits per heavy atom. The summed E-state index contributed by atoms with van der Waals surface area (Å²) in [6, 6.07) is 4.05. The molecule has 0 N–H and O–H groups in total. The minimum Gasteiger partial charge on any atom is -0.334 e. The molecule has 3 amide bonds. The third-order valence-corrected chi connectivity index (χ3v) is 6.21. The Kier molecular flexibility index (Phi) is 5.70. The molecule has 1 saturated heterocycles. The van der Waals surface area contributed by atoms with Gasteiger partial charge in [0.2, 0.25) is 0 Å². The monoisotopic (exact) mass is 378 g/mol. The second-order valence-electron chi connectivity index (χ2n) is 5.75. The van der Waals surface area contributed by atoms with E-state index in [0.29, 0.717) is 45.0 Å². The van der Waals surface area contributed by atoms with E-state index in [1.165, 1.54) is 11.3 Å². The Balaban J connectivity index is 1.59. The fourth-order valence-corrected chi connectivity index (χ4v) is 4.45. The minimum absolute atomic E-state index is 0.0472. The van der Waals surface area contributed by atoms with Gasteiger partial charge in [-0.2, -0.15) is 0 Å². The first-order valence-electron chi connectivity index (χ1n) is 8.46. The Labute approximate surface area is 155 Å². The number of aromatic nitrogens is 1. The van der Waals surface area contributed by atoms with Crippen LogP contribution in [0.1, 0.15) is 24.3 Å². The number of amides is 3. The van der Waals surface area contributed by atoms with Crippen LogP contribution in [0.25, 0.3) is 9.88 Å². The van der Waals surface area contributed by atoms with Gasteiger partial charge < -0.3 is 14.7 Å². The predicted octanol–water partition coefficient (Wildman–Crippen LogP) is 3.09. The second kappa shape index (κ2) is 7.97. The molecule has 1 fully saturated rings. The number of carbonyl (C=O) groups excluding carboxylic acids is 2. The fraction of sp³-hybridized carbons (Fsp3) is 0.471. The van der Waals surface area contributed by atoms with E-state index in [-0.39, 0.29) is 11.9 Å². The highest BCUT2D eigenvalue weighted by molar-refractivity contribution is 7.20. The Morgan fingerprint density at radius 3 is 2.40 bits per heavy atom. The van der Waals surface area contributed by atoms with E-state index in [0.717, 1.165) is 9.88 Å². The van der Waals surface area contributed by atoms with Crippen molar-refractivity contribution < 1.29 is 9.59 Å². The molecule has 0 saturated carbocycles. The lowest BCUT2D eigenvalue weighted by Gasteiger charge is -2.36. The van der Waals surface area contributed by atoms with Crippen LogP contribution < -0.4 is 0 Å². The van der Waals surface area contributed by atoms with Crippen LogP contribution >= 0.6 is 22.7 Å². The van der Waals surface area contributed by atoms with Crippen LogP contribution in [0.2, 0.25) is 0 Å². The average Bonchev–Trinajstić information content (AvgIpc) is 3.33. The summed E-state index contributed by atoms with van der Waals surface area (Å²) in [4.78, 5) is 36.0. The van der Waals surface area contributed by atoms with E-state index < -0.39 is 0 Å². The van der Waals surface area contributed by atoms with Crippen molar-refractivity contribution in [3.63, 3.8) is 0 Å². The molecule has 2 aromatic rings. The van der Waals surface area contributed by atoms with Crippen LogP contribution in [0.3, 0.4) is 0 Å². The smallest absolute Gasteiger partial charge is 0.320 e. The van der Waals surface area contributed by atoms with Gasteiger partial charge in [0.15, 0.2) is 0 Å². The molecular weight excluding hydrogens is 356 g/mol. The van der Waals surface area contributed by atoms with E-state index in [1.807, 2.05) is 46.5 Å². The standard InChI is InChI=1S/C17H22N4O2S2/c1-3-19(4-2)17(23)21-9-7-20(8-10-21)16(22)13-12-25-15(18-13)14-6-5-11-24-14/h5-6,11-12H,3-4,7-10H2,1-2H3. The second-order valence-corrected chi connectivity index (χ2v) is 7.56. The number of hydrogen-bond acceptors (Lipinski definition) is 5. The van der Waals surface area contributed by atoms with Crippen molar-refractivity contribution in [2.75, 3.05) is 39.3 Å². The SMILES string of the molecule is CCN(CC)C(=O)N1CCN(C(=O)c2csc(-c3cccs3)n2)CC1. The molecule has 2 aromatic heterocycles. The number of thiophene rings is 1. The molecule has 0 atom stereocenters. The van der Waals surface area contributed by atoms with Gasteiger partial charge in [0.05, 0.1) is 4.88 Å². The van der Waals surface area contributed by atoms with Gasteiger partial charge in [-0.05, 0) is 25.3 Å². The highest BCUT2D eigenvalue weighted by Crippen LogP contribution is 2.28. The molecule has 0 bridgehead atoms. The molecule has 6 nitrogen and oxygen atoms in total. The minimum atomic E-state index is -0.0472. The van der Waals surface area contributed by atoms with Gasteiger partial charge in [0, 0.05) is 44.6 Å². The summed E-state index contributed by atoms with van der Waals surface area (Å²) in [6.07, 6.45) is 0. The predicted molar refractivity (Wildman–Crippen MR) is 101 cm³/mol. The summed E-state index contributed by atoms with van der Waals surface area (Å²) in [6.45, 7) is 7.63. The third-order valence-electron chi connectivity index (χ3n) is 4.33. The zero-order valence-electron chi connectivity index (χ0n) is 14.5. The van der Waals surface area contributed by atoms with Crippen LogP contribution in [0, 0.1) is 0 Å². The summed E-state index contributed by atoms with van der Waals surface area (Å²) in [5.74, 6) is -0.0472. The van der Waals surface area contributed by atoms with E-state index in [4.69, 9.17) is 0 Å². The summed E-state index contributed by atoms with van der Waals surface area (Å²) >= 11 is 3.12. The number of rotatable bonds is 4. The van der Waals surface area contributed by atoms with E-state index in [9.17, 15) is 9.59 Å². The third kappa shape index (κ3) is 3.85. The molecule has 25 heavy (non-hydrogen) atoms. The van der Waals surface area contributed by atoms with Crippen molar-refractivity contribution in [2.24, 2.45) is 0 Å². The maximum absolute atomic E-state index is 12.7. The van der Waals surface area contributed by atoms with Gasteiger partial charge in [0.25, 0.3) is 5.91 Å². The quantitative estimate of drug-likeness (QED) is 0.821. The van der Waals surface area contributed by atoms with Crippen molar-refractivity contribution in [1.29, 1.82) is 0 Å². The number of piperazine rings is 1. The normalized spacial score (nSPS) is 14.6. The van der Waals surface area contributed by atoms with E-state index in [1.54, 1.807) is 16.2 Å². The molecule has 134 valence electrons. The van der Waals surface area contributed by atoms with E-state index >= 15 is 0 Å². The lowest BCUT2D eigenvalue weighted by molar-refractivity contribution is 0.0637. The van der Waals surface area contributed by atoms with Gasteiger partial charge in [-0.25, -0.2) is 9.78 Å². The largest absolute Gasteiger partial charge is 0.334 e. The van der Waals surface area contributed by atoms with Crippen molar-refractivity contribution in [2.45, 2.75) is 13.8 Å². The molecule has 0 spiro atoms. The molecule has 1 aliphatic heterocycles. The highest BCUT2D eigenvalue weighted by Gasteiger charge is 2.27. The van der Waals surface area contributed by atoms with Crippen LogP contribution in [0.15, 0.2) is 22.9 Å². The molecule has 0 radical (unpaired) electrons. The number of hydrogen-bond donors (Lipinski definition) is 0. The zero-order valence-corrected chi connectivity index (χ0v) is 16.1. The van der Waals surface area contributed by atoms with Crippen LogP contribution in [0.5, 0.6) is 0 Å². The van der Waals surface area contributed by atoms with Crippen LogP contribution in [0.4, 0.5) is 4.79 Å². The molecule has 0 unspecified atom stereocenters.